The topological polar surface area (TPSA) is 111 Å². The average Bonchev–Trinajstić information content (AvgIpc) is 3.03. The zero-order valence-corrected chi connectivity index (χ0v) is 19.0. The van der Waals surface area contributed by atoms with Gasteiger partial charge in [0.15, 0.2) is 11.3 Å². The average molecular weight is 437 g/mol. The van der Waals surface area contributed by atoms with E-state index >= 15 is 0 Å². The largest absolute Gasteiger partial charge is 0.480 e. The molecule has 1 aromatic heterocycles. The van der Waals surface area contributed by atoms with Crippen molar-refractivity contribution in [2.24, 2.45) is 0 Å². The molecule has 0 atom stereocenters. The summed E-state index contributed by atoms with van der Waals surface area (Å²) in [6.07, 6.45) is 9.02. The van der Waals surface area contributed by atoms with E-state index in [-0.39, 0.29) is 16.9 Å². The molecule has 0 unspecified atom stereocenters. The van der Waals surface area contributed by atoms with Gasteiger partial charge in [0.05, 0.1) is 5.56 Å². The van der Waals surface area contributed by atoms with Crippen LogP contribution in [0, 0.1) is 34.0 Å². The van der Waals surface area contributed by atoms with Crippen LogP contribution in [0.1, 0.15) is 50.8 Å². The first-order chi connectivity index (χ1) is 15.8. The highest BCUT2D eigenvalue weighted by atomic mass is 16.5. The summed E-state index contributed by atoms with van der Waals surface area (Å²) in [4.78, 5) is 12.7. The Morgan fingerprint density at radius 1 is 1.06 bits per heavy atom. The summed E-state index contributed by atoms with van der Waals surface area (Å²) in [6.45, 7) is 7.51. The zero-order valence-electron chi connectivity index (χ0n) is 19.0. The van der Waals surface area contributed by atoms with E-state index in [1.165, 1.54) is 5.56 Å². The molecule has 0 bridgehead atoms. The second kappa shape index (κ2) is 9.43. The molecule has 0 radical (unpaired) electrons. The summed E-state index contributed by atoms with van der Waals surface area (Å²) >= 11 is 0. The first-order valence-electron chi connectivity index (χ1n) is 10.6. The number of nitrogens with zero attached hydrogens (tertiary/aromatic N) is 3. The van der Waals surface area contributed by atoms with Gasteiger partial charge >= 0.3 is 5.63 Å². The predicted molar refractivity (Wildman–Crippen MR) is 126 cm³/mol. The highest BCUT2D eigenvalue weighted by molar-refractivity contribution is 5.83. The molecular weight excluding hydrogens is 414 g/mol. The summed E-state index contributed by atoms with van der Waals surface area (Å²) in [5.41, 5.74) is 1.86. The number of ether oxygens (including phenoxy) is 1. The Morgan fingerprint density at radius 2 is 1.79 bits per heavy atom. The summed E-state index contributed by atoms with van der Waals surface area (Å²) in [6, 6.07) is 11.2. The van der Waals surface area contributed by atoms with Gasteiger partial charge in [-0.1, -0.05) is 31.6 Å². The van der Waals surface area contributed by atoms with Crippen LogP contribution in [0.2, 0.25) is 0 Å². The normalized spacial score (nSPS) is 15.0. The van der Waals surface area contributed by atoms with Crippen molar-refractivity contribution in [1.82, 2.24) is 0 Å². The molecule has 6 nitrogen and oxygen atoms in total. The molecule has 164 valence electrons. The second-order valence-electron chi connectivity index (χ2n) is 8.10. The molecule has 0 saturated carbocycles. The van der Waals surface area contributed by atoms with E-state index in [9.17, 15) is 20.6 Å². The van der Waals surface area contributed by atoms with Crippen LogP contribution in [0.5, 0.6) is 0 Å². The molecule has 6 heteroatoms. The molecule has 0 N–H and O–H groups in total. The molecule has 2 aromatic rings. The lowest BCUT2D eigenvalue weighted by Gasteiger charge is -2.20. The van der Waals surface area contributed by atoms with E-state index in [1.807, 2.05) is 37.3 Å². The van der Waals surface area contributed by atoms with E-state index in [0.29, 0.717) is 16.7 Å². The molecule has 2 heterocycles. The van der Waals surface area contributed by atoms with Crippen LogP contribution in [-0.2, 0) is 11.2 Å². The van der Waals surface area contributed by atoms with Gasteiger partial charge in [0.2, 0.25) is 0 Å². The van der Waals surface area contributed by atoms with Crippen molar-refractivity contribution < 1.29 is 9.15 Å². The Morgan fingerprint density at radius 3 is 2.39 bits per heavy atom. The molecule has 1 aromatic carbocycles. The highest BCUT2D eigenvalue weighted by Gasteiger charge is 2.38. The van der Waals surface area contributed by atoms with Crippen molar-refractivity contribution in [3.05, 3.63) is 79.9 Å². The Hall–Kier alpha value is -4.34. The Kier molecular flexibility index (Phi) is 6.67. The minimum absolute atomic E-state index is 0.0431. The smallest absolute Gasteiger partial charge is 0.343 e. The van der Waals surface area contributed by atoms with E-state index in [1.54, 1.807) is 44.2 Å². The molecule has 0 saturated heterocycles. The minimum Gasteiger partial charge on any atom is -0.480 e. The number of aryl methyl sites for hydroxylation is 1. The van der Waals surface area contributed by atoms with Gasteiger partial charge in [-0.15, -0.1) is 0 Å². The fourth-order valence-electron chi connectivity index (χ4n) is 3.84. The van der Waals surface area contributed by atoms with E-state index < -0.39 is 11.2 Å². The first-order valence-corrected chi connectivity index (χ1v) is 10.6. The maximum atomic E-state index is 12.7. The molecule has 0 spiro atoms. The van der Waals surface area contributed by atoms with Gasteiger partial charge in [-0.2, -0.15) is 15.8 Å². The number of allylic oxidation sites excluding steroid dienone is 3. The monoisotopic (exact) mass is 437 g/mol. The number of benzene rings is 1. The SMILES string of the molecule is C/C=C\c1cc2oc(=O)c(/C=C/C3=C(C#N)C(=C(C#N)C#N)OC3(C)C)cc2cc1CCC. The van der Waals surface area contributed by atoms with Crippen LogP contribution in [0.15, 0.2) is 62.0 Å². The maximum absolute atomic E-state index is 12.7. The third-order valence-electron chi connectivity index (χ3n) is 5.38. The summed E-state index contributed by atoms with van der Waals surface area (Å²) < 4.78 is 11.3. The number of hydrogen-bond donors (Lipinski definition) is 0. The lowest BCUT2D eigenvalue weighted by molar-refractivity contribution is 0.0954. The van der Waals surface area contributed by atoms with Gasteiger partial charge in [-0.25, -0.2) is 4.79 Å². The van der Waals surface area contributed by atoms with Gasteiger partial charge in [0, 0.05) is 11.0 Å². The number of fused-ring (bicyclic) bond motifs is 1. The van der Waals surface area contributed by atoms with Crippen molar-refractivity contribution in [3.8, 4) is 18.2 Å². The molecule has 0 aliphatic carbocycles. The van der Waals surface area contributed by atoms with Crippen molar-refractivity contribution >= 4 is 23.1 Å². The molecule has 1 aliphatic heterocycles. The fourth-order valence-corrected chi connectivity index (χ4v) is 3.84. The predicted octanol–water partition coefficient (Wildman–Crippen LogP) is 5.72. The first kappa shape index (κ1) is 23.3. The highest BCUT2D eigenvalue weighted by Crippen LogP contribution is 2.40. The Bertz CT molecular complexity index is 1410. The second-order valence-corrected chi connectivity index (χ2v) is 8.10. The Labute approximate surface area is 192 Å². The summed E-state index contributed by atoms with van der Waals surface area (Å²) in [7, 11) is 0. The van der Waals surface area contributed by atoms with Crippen LogP contribution < -0.4 is 5.63 Å². The van der Waals surface area contributed by atoms with E-state index in [0.717, 1.165) is 23.8 Å². The fraction of sp³-hybridized carbons (Fsp3) is 0.259. The molecule has 3 rings (SSSR count). The number of nitriles is 3. The number of rotatable bonds is 5. The van der Waals surface area contributed by atoms with Crippen molar-refractivity contribution in [3.63, 3.8) is 0 Å². The maximum Gasteiger partial charge on any atom is 0.343 e. The van der Waals surface area contributed by atoms with Crippen molar-refractivity contribution in [2.75, 3.05) is 0 Å². The van der Waals surface area contributed by atoms with Crippen LogP contribution in [0.4, 0.5) is 0 Å². The molecule has 0 fully saturated rings. The summed E-state index contributed by atoms with van der Waals surface area (Å²) in [5.74, 6) is -0.0431. The number of hydrogen-bond acceptors (Lipinski definition) is 6. The molecule has 1 aliphatic rings. The standard InChI is InChI=1S/C27H23N3O3/c1-5-7-17-11-20-12-19(26(31)32-24(20)13-18(17)8-6-2)9-10-23-22(16-30)25(21(14-28)15-29)33-27(23,3)4/h6,8-13H,5,7H2,1-4H3/b8-6-,10-9+. The van der Waals surface area contributed by atoms with Crippen LogP contribution in [0.3, 0.4) is 0 Å². The van der Waals surface area contributed by atoms with Crippen LogP contribution >= 0.6 is 0 Å². The Balaban J connectivity index is 2.15. The van der Waals surface area contributed by atoms with E-state index in [4.69, 9.17) is 9.15 Å². The lowest BCUT2D eigenvalue weighted by Crippen LogP contribution is -2.20. The van der Waals surface area contributed by atoms with Gasteiger partial charge in [-0.3, -0.25) is 0 Å². The van der Waals surface area contributed by atoms with E-state index in [2.05, 4.69) is 6.92 Å². The molecule has 0 amide bonds. The van der Waals surface area contributed by atoms with Crippen molar-refractivity contribution in [2.45, 2.75) is 46.1 Å². The summed E-state index contributed by atoms with van der Waals surface area (Å²) in [5, 5.41) is 28.9. The lowest BCUT2D eigenvalue weighted by atomic mass is 9.94. The minimum atomic E-state index is -0.956. The van der Waals surface area contributed by atoms with Gasteiger partial charge in [0.25, 0.3) is 0 Å². The molecular formula is C27H23N3O3. The van der Waals surface area contributed by atoms with Gasteiger partial charge in [0.1, 0.15) is 35.0 Å². The van der Waals surface area contributed by atoms with Crippen LogP contribution in [0.25, 0.3) is 23.1 Å². The quantitative estimate of drug-likeness (QED) is 0.437. The zero-order chi connectivity index (χ0) is 24.2. The molecule has 33 heavy (non-hydrogen) atoms. The van der Waals surface area contributed by atoms with Gasteiger partial charge in [-0.05, 0) is 62.6 Å². The van der Waals surface area contributed by atoms with Gasteiger partial charge < -0.3 is 9.15 Å². The van der Waals surface area contributed by atoms with Crippen molar-refractivity contribution in [1.29, 1.82) is 15.8 Å². The third-order valence-corrected chi connectivity index (χ3v) is 5.38. The van der Waals surface area contributed by atoms with Crippen LogP contribution in [-0.4, -0.2) is 5.60 Å². The third kappa shape index (κ3) is 4.49.